The van der Waals surface area contributed by atoms with E-state index in [4.69, 9.17) is 11.6 Å². The van der Waals surface area contributed by atoms with Gasteiger partial charge in [0.15, 0.2) is 5.17 Å². The zero-order valence-electron chi connectivity index (χ0n) is 11.1. The van der Waals surface area contributed by atoms with Crippen LogP contribution in [0.25, 0.3) is 0 Å². The molecule has 1 saturated carbocycles. The average Bonchev–Trinajstić information content (AvgIpc) is 3.18. The molecule has 2 N–H and O–H groups in total. The Morgan fingerprint density at radius 1 is 1.43 bits per heavy atom. The highest BCUT2D eigenvalue weighted by Crippen LogP contribution is 2.29. The molecular weight excluding hydrogens is 310 g/mol. The highest BCUT2D eigenvalue weighted by atomic mass is 35.5. The molecule has 21 heavy (non-hydrogen) atoms. The van der Waals surface area contributed by atoms with Crippen LogP contribution in [0.4, 0.5) is 5.69 Å². The van der Waals surface area contributed by atoms with E-state index in [9.17, 15) is 9.59 Å². The van der Waals surface area contributed by atoms with Crippen LogP contribution < -0.4 is 10.6 Å². The van der Waals surface area contributed by atoms with Gasteiger partial charge in [0, 0.05) is 6.42 Å². The molecule has 5 nitrogen and oxygen atoms in total. The standard InChI is InChI=1S/C14H14ClN3O2S/c15-9-3-1-2-4-10(9)17-12(19)7-11-13(20)18-14(21-11)16-8-5-6-8/h1-4,8,11H,5-7H2,(H,17,19)(H,16,18,20)/t11-/m0/s1. The van der Waals surface area contributed by atoms with Gasteiger partial charge < -0.3 is 10.6 Å². The number of hydrogen-bond acceptors (Lipinski definition) is 4. The number of thioether (sulfide) groups is 1. The first-order valence-electron chi connectivity index (χ1n) is 6.71. The van der Waals surface area contributed by atoms with Crippen molar-refractivity contribution in [3.05, 3.63) is 29.3 Å². The van der Waals surface area contributed by atoms with Crippen LogP contribution in [0.1, 0.15) is 19.3 Å². The summed E-state index contributed by atoms with van der Waals surface area (Å²) < 4.78 is 0. The molecule has 1 heterocycles. The minimum absolute atomic E-state index is 0.103. The lowest BCUT2D eigenvalue weighted by atomic mass is 10.2. The molecule has 2 fully saturated rings. The first-order chi connectivity index (χ1) is 10.1. The molecule has 1 saturated heterocycles. The first-order valence-corrected chi connectivity index (χ1v) is 7.97. The predicted molar refractivity (Wildman–Crippen MR) is 84.7 cm³/mol. The fourth-order valence-corrected chi connectivity index (χ4v) is 3.12. The summed E-state index contributed by atoms with van der Waals surface area (Å²) in [5, 5.41) is 6.13. The van der Waals surface area contributed by atoms with Gasteiger partial charge in [-0.2, -0.15) is 0 Å². The number of amides is 2. The smallest absolute Gasteiger partial charge is 0.240 e. The van der Waals surface area contributed by atoms with Crippen molar-refractivity contribution < 1.29 is 9.59 Å². The largest absolute Gasteiger partial charge is 0.325 e. The number of para-hydroxylation sites is 1. The lowest BCUT2D eigenvalue weighted by Crippen LogP contribution is -2.28. The summed E-state index contributed by atoms with van der Waals surface area (Å²) in [7, 11) is 0. The van der Waals surface area contributed by atoms with E-state index < -0.39 is 5.25 Å². The maximum Gasteiger partial charge on any atom is 0.240 e. The van der Waals surface area contributed by atoms with E-state index in [0.29, 0.717) is 21.9 Å². The molecule has 1 aliphatic heterocycles. The van der Waals surface area contributed by atoms with Gasteiger partial charge in [0.05, 0.1) is 16.8 Å². The molecule has 7 heteroatoms. The van der Waals surface area contributed by atoms with E-state index >= 15 is 0 Å². The molecule has 0 spiro atoms. The molecular formula is C14H14ClN3O2S. The van der Waals surface area contributed by atoms with Crippen LogP contribution >= 0.6 is 23.4 Å². The summed E-state index contributed by atoms with van der Waals surface area (Å²) in [5.74, 6) is -0.392. The zero-order chi connectivity index (χ0) is 14.8. The van der Waals surface area contributed by atoms with Gasteiger partial charge in [-0.25, -0.2) is 0 Å². The number of nitrogens with one attached hydrogen (secondary N) is 2. The van der Waals surface area contributed by atoms with E-state index in [0.717, 1.165) is 12.8 Å². The van der Waals surface area contributed by atoms with E-state index in [1.54, 1.807) is 24.3 Å². The number of carbonyl (C=O) groups is 2. The van der Waals surface area contributed by atoms with Crippen LogP contribution in [-0.2, 0) is 9.59 Å². The number of benzene rings is 1. The highest BCUT2D eigenvalue weighted by Gasteiger charge is 2.33. The Morgan fingerprint density at radius 2 is 2.19 bits per heavy atom. The zero-order valence-corrected chi connectivity index (χ0v) is 12.7. The van der Waals surface area contributed by atoms with Crippen molar-refractivity contribution in [1.82, 2.24) is 5.32 Å². The number of rotatable bonds is 4. The van der Waals surface area contributed by atoms with Crippen LogP contribution in [0, 0.1) is 0 Å². The predicted octanol–water partition coefficient (Wildman–Crippen LogP) is 2.42. The Bertz CT molecular complexity index is 616. The summed E-state index contributed by atoms with van der Waals surface area (Å²) in [6.45, 7) is 0. The number of aliphatic imine (C=N–C) groups is 1. The quantitative estimate of drug-likeness (QED) is 0.894. The van der Waals surface area contributed by atoms with Crippen LogP contribution in [0.3, 0.4) is 0 Å². The van der Waals surface area contributed by atoms with E-state index in [-0.39, 0.29) is 18.2 Å². The van der Waals surface area contributed by atoms with Crippen LogP contribution in [0.2, 0.25) is 5.02 Å². The van der Waals surface area contributed by atoms with Crippen molar-refractivity contribution in [3.8, 4) is 0 Å². The van der Waals surface area contributed by atoms with Gasteiger partial charge in [-0.15, -0.1) is 0 Å². The Hall–Kier alpha value is -1.53. The minimum atomic E-state index is -0.426. The van der Waals surface area contributed by atoms with Gasteiger partial charge in [0.1, 0.15) is 5.25 Å². The number of amidine groups is 1. The molecule has 1 aromatic rings. The Labute approximate surface area is 131 Å². The third kappa shape index (κ3) is 3.77. The maximum atomic E-state index is 12.0. The molecule has 0 bridgehead atoms. The van der Waals surface area contributed by atoms with Crippen molar-refractivity contribution in [2.45, 2.75) is 30.6 Å². The third-order valence-electron chi connectivity index (χ3n) is 3.14. The topological polar surface area (TPSA) is 70.6 Å². The molecule has 0 unspecified atom stereocenters. The molecule has 1 aliphatic carbocycles. The number of halogens is 1. The highest BCUT2D eigenvalue weighted by molar-refractivity contribution is 8.15. The number of hydrogen-bond donors (Lipinski definition) is 2. The molecule has 3 rings (SSSR count). The van der Waals surface area contributed by atoms with Gasteiger partial charge >= 0.3 is 0 Å². The molecule has 1 atom stereocenters. The third-order valence-corrected chi connectivity index (χ3v) is 4.57. The fraction of sp³-hybridized carbons (Fsp3) is 0.357. The number of carbonyl (C=O) groups excluding carboxylic acids is 2. The van der Waals surface area contributed by atoms with Crippen molar-refractivity contribution in [2.24, 2.45) is 4.99 Å². The average molecular weight is 324 g/mol. The van der Waals surface area contributed by atoms with Gasteiger partial charge in [0.2, 0.25) is 11.8 Å². The molecule has 1 aromatic carbocycles. The van der Waals surface area contributed by atoms with Crippen molar-refractivity contribution in [3.63, 3.8) is 0 Å². The Morgan fingerprint density at radius 3 is 2.90 bits per heavy atom. The molecule has 0 radical (unpaired) electrons. The van der Waals surface area contributed by atoms with Crippen molar-refractivity contribution in [1.29, 1.82) is 0 Å². The molecule has 0 aromatic heterocycles. The van der Waals surface area contributed by atoms with Gasteiger partial charge in [0.25, 0.3) is 0 Å². The normalized spacial score (nSPS) is 23.2. The number of nitrogens with zero attached hydrogens (tertiary/aromatic N) is 1. The monoisotopic (exact) mass is 323 g/mol. The second kappa shape index (κ2) is 6.07. The van der Waals surface area contributed by atoms with Crippen molar-refractivity contribution in [2.75, 3.05) is 5.32 Å². The Balaban J connectivity index is 1.57. The van der Waals surface area contributed by atoms with Crippen molar-refractivity contribution >= 4 is 46.0 Å². The van der Waals surface area contributed by atoms with E-state index in [2.05, 4.69) is 15.6 Å². The van der Waals surface area contributed by atoms with Crippen LogP contribution in [0.5, 0.6) is 0 Å². The van der Waals surface area contributed by atoms with Gasteiger partial charge in [-0.3, -0.25) is 14.6 Å². The molecule has 2 aliphatic rings. The molecule has 2 amide bonds. The lowest BCUT2D eigenvalue weighted by molar-refractivity contribution is -0.122. The van der Waals surface area contributed by atoms with Gasteiger partial charge in [-0.1, -0.05) is 35.5 Å². The summed E-state index contributed by atoms with van der Waals surface area (Å²) in [6, 6.07) is 7.36. The maximum absolute atomic E-state index is 12.0. The van der Waals surface area contributed by atoms with E-state index in [1.807, 2.05) is 0 Å². The fourth-order valence-electron chi connectivity index (χ4n) is 1.90. The summed E-state index contributed by atoms with van der Waals surface area (Å²) in [6.07, 6.45) is 2.26. The van der Waals surface area contributed by atoms with Crippen LogP contribution in [-0.4, -0.2) is 28.3 Å². The number of anilines is 1. The summed E-state index contributed by atoms with van der Waals surface area (Å²) >= 11 is 7.31. The Kier molecular flexibility index (Phi) is 4.17. The molecule has 110 valence electrons. The summed E-state index contributed by atoms with van der Waals surface area (Å²) in [4.78, 5) is 28.2. The first kappa shape index (κ1) is 14.4. The van der Waals surface area contributed by atoms with Gasteiger partial charge in [-0.05, 0) is 25.0 Å². The second-order valence-corrected chi connectivity index (χ2v) is 6.59. The SMILES string of the molecule is O=C(C[C@@H]1SC(=NC2CC2)NC1=O)Nc1ccccc1Cl. The minimum Gasteiger partial charge on any atom is -0.325 e. The summed E-state index contributed by atoms with van der Waals surface area (Å²) in [5.41, 5.74) is 0.555. The second-order valence-electron chi connectivity index (χ2n) is 4.99. The lowest BCUT2D eigenvalue weighted by Gasteiger charge is -2.08. The van der Waals surface area contributed by atoms with Crippen LogP contribution in [0.15, 0.2) is 29.3 Å². The van der Waals surface area contributed by atoms with E-state index in [1.165, 1.54) is 11.8 Å².